The fraction of sp³-hybridized carbons (Fsp3) is 0.462. The molecule has 1 N–H and O–H groups in total. The monoisotopic (exact) mass is 258 g/mol. The second-order valence-electron chi connectivity index (χ2n) is 4.70. The fourth-order valence-electron chi connectivity index (χ4n) is 2.49. The number of aromatic nitrogens is 4. The second-order valence-corrected chi connectivity index (χ2v) is 4.70. The molecule has 100 valence electrons. The first-order valence-electron chi connectivity index (χ1n) is 6.60. The maximum absolute atomic E-state index is 4.22. The van der Waals surface area contributed by atoms with E-state index in [-0.39, 0.29) is 0 Å². The van der Waals surface area contributed by atoms with Gasteiger partial charge in [0.05, 0.1) is 6.54 Å². The zero-order chi connectivity index (χ0) is 12.9. The van der Waals surface area contributed by atoms with Crippen LogP contribution in [0.4, 0.5) is 0 Å². The van der Waals surface area contributed by atoms with E-state index in [9.17, 15) is 0 Å². The summed E-state index contributed by atoms with van der Waals surface area (Å²) in [4.78, 5) is 10.7. The van der Waals surface area contributed by atoms with E-state index < -0.39 is 0 Å². The molecule has 0 spiro atoms. The van der Waals surface area contributed by atoms with Gasteiger partial charge < -0.3 is 5.32 Å². The van der Waals surface area contributed by atoms with Crippen LogP contribution in [-0.2, 0) is 6.54 Å². The van der Waals surface area contributed by atoms with Gasteiger partial charge in [-0.15, -0.1) is 0 Å². The lowest BCUT2D eigenvalue weighted by Crippen LogP contribution is -2.47. The maximum Gasteiger partial charge on any atom is 0.137 e. The van der Waals surface area contributed by atoms with Crippen LogP contribution in [0.3, 0.4) is 0 Å². The van der Waals surface area contributed by atoms with E-state index in [4.69, 9.17) is 0 Å². The van der Waals surface area contributed by atoms with Crippen molar-refractivity contribution in [2.24, 2.45) is 0 Å². The molecular weight excluding hydrogens is 240 g/mol. The van der Waals surface area contributed by atoms with Gasteiger partial charge in [0.1, 0.15) is 12.7 Å². The lowest BCUT2D eigenvalue weighted by atomic mass is 10.1. The Morgan fingerprint density at radius 3 is 3.11 bits per heavy atom. The summed E-state index contributed by atoms with van der Waals surface area (Å²) in [5, 5.41) is 7.60. The van der Waals surface area contributed by atoms with Gasteiger partial charge in [0, 0.05) is 44.6 Å². The average Bonchev–Trinajstić information content (AvgIpc) is 3.00. The molecule has 1 atom stereocenters. The quantitative estimate of drug-likeness (QED) is 0.856. The highest BCUT2D eigenvalue weighted by Gasteiger charge is 2.23. The molecule has 3 rings (SSSR count). The van der Waals surface area contributed by atoms with Crippen molar-refractivity contribution in [3.63, 3.8) is 0 Å². The predicted octanol–water partition coefficient (Wildman–Crippen LogP) is 0.320. The van der Waals surface area contributed by atoms with Gasteiger partial charge in [0.25, 0.3) is 0 Å². The Balaban J connectivity index is 1.67. The molecule has 0 radical (unpaired) electrons. The lowest BCUT2D eigenvalue weighted by Gasteiger charge is -2.36. The zero-order valence-electron chi connectivity index (χ0n) is 10.8. The molecule has 0 aliphatic carbocycles. The summed E-state index contributed by atoms with van der Waals surface area (Å²) in [5.74, 6) is 0. The molecule has 1 aliphatic rings. The molecular formula is C13H18N6. The van der Waals surface area contributed by atoms with E-state index in [2.05, 4.69) is 31.3 Å². The molecule has 6 nitrogen and oxygen atoms in total. The van der Waals surface area contributed by atoms with Crippen LogP contribution in [0.2, 0.25) is 0 Å². The highest BCUT2D eigenvalue weighted by atomic mass is 15.3. The van der Waals surface area contributed by atoms with Gasteiger partial charge in [-0.2, -0.15) is 5.10 Å². The number of rotatable bonds is 4. The Morgan fingerprint density at radius 1 is 1.32 bits per heavy atom. The summed E-state index contributed by atoms with van der Waals surface area (Å²) in [5.41, 5.74) is 1.27. The fourth-order valence-corrected chi connectivity index (χ4v) is 2.49. The summed E-state index contributed by atoms with van der Waals surface area (Å²) in [6.07, 6.45) is 7.12. The Bertz CT molecular complexity index is 483. The molecule has 0 saturated carbocycles. The molecule has 1 aliphatic heterocycles. The molecule has 2 aromatic heterocycles. The van der Waals surface area contributed by atoms with Gasteiger partial charge in [-0.3, -0.25) is 14.6 Å². The summed E-state index contributed by atoms with van der Waals surface area (Å²) in [6, 6.07) is 4.54. The van der Waals surface area contributed by atoms with Gasteiger partial charge >= 0.3 is 0 Å². The molecule has 19 heavy (non-hydrogen) atoms. The normalized spacial score (nSPS) is 20.5. The maximum atomic E-state index is 4.22. The molecule has 2 aromatic rings. The van der Waals surface area contributed by atoms with E-state index in [1.165, 1.54) is 5.56 Å². The van der Waals surface area contributed by atoms with Crippen molar-refractivity contribution in [1.29, 1.82) is 0 Å². The van der Waals surface area contributed by atoms with Crippen molar-refractivity contribution in [3.8, 4) is 0 Å². The first-order chi connectivity index (χ1) is 9.43. The van der Waals surface area contributed by atoms with Crippen LogP contribution in [-0.4, -0.2) is 50.8 Å². The summed E-state index contributed by atoms with van der Waals surface area (Å²) < 4.78 is 1.88. The van der Waals surface area contributed by atoms with Crippen LogP contribution >= 0.6 is 0 Å². The number of hydrogen-bond acceptors (Lipinski definition) is 5. The van der Waals surface area contributed by atoms with Gasteiger partial charge in [-0.25, -0.2) is 4.98 Å². The first kappa shape index (κ1) is 12.3. The van der Waals surface area contributed by atoms with Crippen molar-refractivity contribution in [2.45, 2.75) is 12.6 Å². The summed E-state index contributed by atoms with van der Waals surface area (Å²) >= 11 is 0. The molecule has 6 heteroatoms. The minimum atomic E-state index is 0.394. The Morgan fingerprint density at radius 2 is 2.32 bits per heavy atom. The molecule has 3 heterocycles. The van der Waals surface area contributed by atoms with Crippen molar-refractivity contribution in [1.82, 2.24) is 30.0 Å². The van der Waals surface area contributed by atoms with Gasteiger partial charge in [-0.05, 0) is 11.6 Å². The van der Waals surface area contributed by atoms with Crippen LogP contribution in [0.25, 0.3) is 0 Å². The Hall–Kier alpha value is -1.79. The van der Waals surface area contributed by atoms with Gasteiger partial charge in [-0.1, -0.05) is 6.07 Å². The number of piperazine rings is 1. The Labute approximate surface area is 112 Å². The van der Waals surface area contributed by atoms with Crippen molar-refractivity contribution in [3.05, 3.63) is 42.7 Å². The van der Waals surface area contributed by atoms with Crippen LogP contribution < -0.4 is 5.32 Å². The van der Waals surface area contributed by atoms with Gasteiger partial charge in [0.2, 0.25) is 0 Å². The minimum Gasteiger partial charge on any atom is -0.314 e. The molecule has 0 aromatic carbocycles. The minimum absolute atomic E-state index is 0.394. The van der Waals surface area contributed by atoms with E-state index in [0.717, 1.165) is 32.7 Å². The molecule has 0 bridgehead atoms. The van der Waals surface area contributed by atoms with E-state index >= 15 is 0 Å². The van der Waals surface area contributed by atoms with Crippen LogP contribution in [0, 0.1) is 0 Å². The summed E-state index contributed by atoms with van der Waals surface area (Å²) in [7, 11) is 0. The van der Waals surface area contributed by atoms with E-state index in [1.54, 1.807) is 12.7 Å². The van der Waals surface area contributed by atoms with E-state index in [1.807, 2.05) is 23.1 Å². The predicted molar refractivity (Wildman–Crippen MR) is 71.4 cm³/mol. The molecule has 1 fully saturated rings. The largest absolute Gasteiger partial charge is 0.314 e. The highest BCUT2D eigenvalue weighted by Crippen LogP contribution is 2.20. The van der Waals surface area contributed by atoms with Crippen molar-refractivity contribution >= 4 is 0 Å². The number of nitrogens with zero attached hydrogens (tertiary/aromatic N) is 5. The number of nitrogens with one attached hydrogen (secondary N) is 1. The lowest BCUT2D eigenvalue weighted by molar-refractivity contribution is 0.154. The SMILES string of the molecule is c1cncc(C2CNCCN2CCn2cncn2)c1. The Kier molecular flexibility index (Phi) is 3.81. The van der Waals surface area contributed by atoms with Crippen molar-refractivity contribution < 1.29 is 0 Å². The molecule has 1 unspecified atom stereocenters. The number of hydrogen-bond donors (Lipinski definition) is 1. The van der Waals surface area contributed by atoms with Gasteiger partial charge in [0.15, 0.2) is 0 Å². The third-order valence-corrected chi connectivity index (χ3v) is 3.51. The average molecular weight is 258 g/mol. The van der Waals surface area contributed by atoms with Crippen LogP contribution in [0.15, 0.2) is 37.2 Å². The van der Waals surface area contributed by atoms with E-state index in [0.29, 0.717) is 6.04 Å². The van der Waals surface area contributed by atoms with Crippen molar-refractivity contribution in [2.75, 3.05) is 26.2 Å². The standard InChI is InChI=1S/C13H18N6/c1-2-12(8-14-3-1)13-9-15-4-5-18(13)6-7-19-11-16-10-17-19/h1-3,8,10-11,13,15H,4-7,9H2. The smallest absolute Gasteiger partial charge is 0.137 e. The molecule has 0 amide bonds. The van der Waals surface area contributed by atoms with Crippen LogP contribution in [0.1, 0.15) is 11.6 Å². The zero-order valence-corrected chi connectivity index (χ0v) is 10.8. The first-order valence-corrected chi connectivity index (χ1v) is 6.60. The number of pyridine rings is 1. The summed E-state index contributed by atoms with van der Waals surface area (Å²) in [6.45, 7) is 4.91. The molecule has 1 saturated heterocycles. The topological polar surface area (TPSA) is 58.9 Å². The third-order valence-electron chi connectivity index (χ3n) is 3.51. The van der Waals surface area contributed by atoms with Crippen LogP contribution in [0.5, 0.6) is 0 Å². The highest BCUT2D eigenvalue weighted by molar-refractivity contribution is 5.15. The third kappa shape index (κ3) is 2.97. The second kappa shape index (κ2) is 5.90.